The molecule has 1 aromatic heterocycles. The Kier molecular flexibility index (Phi) is 11.5. The SMILES string of the molecule is COc1cc(C(Nc2ccc(C(=N)N)cc2)C(=O)NNC(=O)c2ccccn2)cc(OC)c1OC.O=C(O)C(F)(F)F. The molecule has 0 spiro atoms. The number of amides is 2. The Labute approximate surface area is 237 Å². The van der Waals surface area contributed by atoms with Crippen molar-refractivity contribution in [3.05, 3.63) is 77.6 Å². The minimum absolute atomic E-state index is 0.0762. The molecule has 2 aromatic carbocycles. The average molecular weight is 593 g/mol. The number of alkyl halides is 3. The Morgan fingerprint density at radius 3 is 1.95 bits per heavy atom. The van der Waals surface area contributed by atoms with E-state index in [-0.39, 0.29) is 11.5 Å². The molecule has 1 atom stereocenters. The summed E-state index contributed by atoms with van der Waals surface area (Å²) in [5.41, 5.74) is 12.0. The highest BCUT2D eigenvalue weighted by Gasteiger charge is 2.38. The van der Waals surface area contributed by atoms with Crippen LogP contribution in [0.4, 0.5) is 18.9 Å². The normalized spacial score (nSPS) is 11.1. The number of nitrogens with two attached hydrogens (primary N) is 1. The van der Waals surface area contributed by atoms with Crippen LogP contribution >= 0.6 is 0 Å². The molecule has 3 rings (SSSR count). The second kappa shape index (κ2) is 14.7. The van der Waals surface area contributed by atoms with Crippen molar-refractivity contribution in [2.75, 3.05) is 26.6 Å². The summed E-state index contributed by atoms with van der Waals surface area (Å²) >= 11 is 0. The van der Waals surface area contributed by atoms with E-state index in [0.29, 0.717) is 34.1 Å². The summed E-state index contributed by atoms with van der Waals surface area (Å²) in [5, 5.41) is 17.8. The molecule has 16 heteroatoms. The first-order chi connectivity index (χ1) is 19.8. The van der Waals surface area contributed by atoms with Crippen molar-refractivity contribution in [3.63, 3.8) is 0 Å². The summed E-state index contributed by atoms with van der Waals surface area (Å²) in [7, 11) is 4.42. The molecule has 7 N–H and O–H groups in total. The first-order valence-corrected chi connectivity index (χ1v) is 11.6. The lowest BCUT2D eigenvalue weighted by atomic mass is 10.0. The standard InChI is InChI=1S/C24H26N6O5.C2HF3O2/c1-33-18-12-15(13-19(34-2)21(18)35-3)20(28-16-9-7-14(8-10-16)22(25)26)24(32)30-29-23(31)17-6-4-5-11-27-17;3-2(4,5)1(6)7/h4-13,20,28H,1-3H3,(H3,25,26)(H,29,31)(H,30,32);(H,6,7). The van der Waals surface area contributed by atoms with Crippen LogP contribution in [0.1, 0.15) is 27.7 Å². The molecule has 0 fully saturated rings. The van der Waals surface area contributed by atoms with Gasteiger partial charge in [-0.25, -0.2) is 4.79 Å². The van der Waals surface area contributed by atoms with E-state index in [4.69, 9.17) is 35.3 Å². The largest absolute Gasteiger partial charge is 0.493 e. The van der Waals surface area contributed by atoms with Crippen LogP contribution in [-0.4, -0.2) is 61.2 Å². The molecular formula is C26H27F3N6O7. The molecular weight excluding hydrogens is 565 g/mol. The molecule has 224 valence electrons. The van der Waals surface area contributed by atoms with Crippen molar-refractivity contribution < 1.29 is 46.9 Å². The number of hydrogen-bond donors (Lipinski definition) is 6. The molecule has 42 heavy (non-hydrogen) atoms. The van der Waals surface area contributed by atoms with Crippen LogP contribution in [-0.2, 0) is 9.59 Å². The molecule has 2 amide bonds. The highest BCUT2D eigenvalue weighted by Crippen LogP contribution is 2.40. The lowest BCUT2D eigenvalue weighted by Gasteiger charge is -2.22. The number of pyridine rings is 1. The molecule has 0 saturated heterocycles. The molecule has 13 nitrogen and oxygen atoms in total. The van der Waals surface area contributed by atoms with Gasteiger partial charge in [-0.1, -0.05) is 6.07 Å². The van der Waals surface area contributed by atoms with Crippen molar-refractivity contribution in [3.8, 4) is 17.2 Å². The van der Waals surface area contributed by atoms with Gasteiger partial charge in [-0.05, 0) is 54.1 Å². The van der Waals surface area contributed by atoms with Crippen LogP contribution in [0.25, 0.3) is 0 Å². The maximum Gasteiger partial charge on any atom is 0.490 e. The molecule has 0 saturated carbocycles. The number of amidine groups is 1. The number of ether oxygens (including phenoxy) is 3. The van der Waals surface area contributed by atoms with Crippen LogP contribution < -0.4 is 36.1 Å². The Bertz CT molecular complexity index is 1380. The summed E-state index contributed by atoms with van der Waals surface area (Å²) in [6.45, 7) is 0. The second-order valence-electron chi connectivity index (χ2n) is 7.99. The van der Waals surface area contributed by atoms with Gasteiger partial charge in [0.05, 0.1) is 21.3 Å². The molecule has 3 aromatic rings. The van der Waals surface area contributed by atoms with Gasteiger partial charge in [0.15, 0.2) is 11.5 Å². The van der Waals surface area contributed by atoms with Crippen molar-refractivity contribution in [2.45, 2.75) is 12.2 Å². The Morgan fingerprint density at radius 2 is 1.52 bits per heavy atom. The van der Waals surface area contributed by atoms with Gasteiger partial charge >= 0.3 is 12.1 Å². The number of benzene rings is 2. The zero-order valence-corrected chi connectivity index (χ0v) is 22.4. The van der Waals surface area contributed by atoms with E-state index in [2.05, 4.69) is 21.2 Å². The maximum absolute atomic E-state index is 13.2. The van der Waals surface area contributed by atoms with Gasteiger partial charge in [0.2, 0.25) is 5.75 Å². The molecule has 0 radical (unpaired) electrons. The highest BCUT2D eigenvalue weighted by atomic mass is 19.4. The molecule has 0 aliphatic rings. The summed E-state index contributed by atoms with van der Waals surface area (Å²) in [5.74, 6) is -2.91. The van der Waals surface area contributed by atoms with Gasteiger partial charge < -0.3 is 30.4 Å². The summed E-state index contributed by atoms with van der Waals surface area (Å²) in [6.07, 6.45) is -3.61. The number of carbonyl (C=O) groups is 3. The number of rotatable bonds is 9. The predicted octanol–water partition coefficient (Wildman–Crippen LogP) is 2.64. The lowest BCUT2D eigenvalue weighted by Crippen LogP contribution is -2.45. The number of nitrogens with one attached hydrogen (secondary N) is 4. The van der Waals surface area contributed by atoms with Crippen LogP contribution in [0.3, 0.4) is 0 Å². The Balaban J connectivity index is 0.000000782. The van der Waals surface area contributed by atoms with E-state index in [0.717, 1.165) is 0 Å². The van der Waals surface area contributed by atoms with E-state index < -0.39 is 30.0 Å². The number of hydrogen-bond acceptors (Lipinski definition) is 9. The third kappa shape index (κ3) is 9.00. The highest BCUT2D eigenvalue weighted by molar-refractivity contribution is 5.96. The molecule has 0 aliphatic heterocycles. The van der Waals surface area contributed by atoms with Gasteiger partial charge in [0.1, 0.15) is 17.6 Å². The lowest BCUT2D eigenvalue weighted by molar-refractivity contribution is -0.192. The first-order valence-electron chi connectivity index (χ1n) is 11.6. The number of nitrogen functional groups attached to an aromatic ring is 1. The minimum Gasteiger partial charge on any atom is -0.493 e. The average Bonchev–Trinajstić information content (AvgIpc) is 2.98. The van der Waals surface area contributed by atoms with E-state index in [1.54, 1.807) is 48.5 Å². The Morgan fingerprint density at radius 1 is 0.952 bits per heavy atom. The van der Waals surface area contributed by atoms with Gasteiger partial charge in [-0.2, -0.15) is 13.2 Å². The van der Waals surface area contributed by atoms with E-state index in [9.17, 15) is 22.8 Å². The summed E-state index contributed by atoms with van der Waals surface area (Å²) in [6, 6.07) is 13.8. The summed E-state index contributed by atoms with van der Waals surface area (Å²) < 4.78 is 47.9. The fourth-order valence-corrected chi connectivity index (χ4v) is 3.23. The van der Waals surface area contributed by atoms with E-state index in [1.807, 2.05) is 0 Å². The third-order valence-electron chi connectivity index (χ3n) is 5.23. The van der Waals surface area contributed by atoms with E-state index in [1.165, 1.54) is 33.6 Å². The number of anilines is 1. The van der Waals surface area contributed by atoms with Crippen molar-refractivity contribution in [2.24, 2.45) is 5.73 Å². The number of carbonyl (C=O) groups excluding carboxylic acids is 2. The fraction of sp³-hybridized carbons (Fsp3) is 0.192. The first kappa shape index (κ1) is 32.7. The van der Waals surface area contributed by atoms with Crippen molar-refractivity contribution in [1.82, 2.24) is 15.8 Å². The van der Waals surface area contributed by atoms with Gasteiger partial charge in [-0.15, -0.1) is 0 Å². The van der Waals surface area contributed by atoms with Crippen LogP contribution in [0.15, 0.2) is 60.8 Å². The quantitative estimate of drug-likeness (QED) is 0.122. The van der Waals surface area contributed by atoms with Crippen LogP contribution in [0, 0.1) is 5.41 Å². The molecule has 0 aliphatic carbocycles. The predicted molar refractivity (Wildman–Crippen MR) is 143 cm³/mol. The van der Waals surface area contributed by atoms with Gasteiger partial charge in [0.25, 0.3) is 11.8 Å². The minimum atomic E-state index is -5.08. The third-order valence-corrected chi connectivity index (χ3v) is 5.23. The Hall–Kier alpha value is -5.54. The number of carboxylic acids is 1. The van der Waals surface area contributed by atoms with Crippen LogP contribution in [0.5, 0.6) is 17.2 Å². The smallest absolute Gasteiger partial charge is 0.490 e. The van der Waals surface area contributed by atoms with Gasteiger partial charge in [-0.3, -0.25) is 30.8 Å². The van der Waals surface area contributed by atoms with Gasteiger partial charge in [0, 0.05) is 17.4 Å². The number of nitrogens with zero attached hydrogens (tertiary/aromatic N) is 1. The zero-order chi connectivity index (χ0) is 31.4. The number of aromatic nitrogens is 1. The van der Waals surface area contributed by atoms with Crippen molar-refractivity contribution in [1.29, 1.82) is 5.41 Å². The molecule has 1 heterocycles. The number of hydrazine groups is 1. The topological polar surface area (TPSA) is 198 Å². The van der Waals surface area contributed by atoms with E-state index >= 15 is 0 Å². The zero-order valence-electron chi connectivity index (χ0n) is 22.4. The number of aliphatic carboxylic acids is 1. The van der Waals surface area contributed by atoms with Crippen molar-refractivity contribution >= 4 is 29.3 Å². The number of carboxylic acid groups (broad SMARTS) is 1. The second-order valence-corrected chi connectivity index (χ2v) is 7.99. The maximum atomic E-state index is 13.2. The fourth-order valence-electron chi connectivity index (χ4n) is 3.23. The monoisotopic (exact) mass is 592 g/mol. The number of halogens is 3. The molecule has 0 bridgehead atoms. The molecule has 1 unspecified atom stereocenters. The number of methoxy groups -OCH3 is 3. The summed E-state index contributed by atoms with van der Waals surface area (Å²) in [4.78, 5) is 38.4. The van der Waals surface area contributed by atoms with Crippen LogP contribution in [0.2, 0.25) is 0 Å².